The number of aromatic nitrogens is 2. The molecular weight excluding hydrogens is 553 g/mol. The van der Waals surface area contributed by atoms with Crippen molar-refractivity contribution in [1.29, 1.82) is 0 Å². The first-order chi connectivity index (χ1) is 20.0. The highest BCUT2D eigenvalue weighted by Gasteiger charge is 2.37. The number of hydrogen-bond donors (Lipinski definition) is 2. The predicted octanol–water partition coefficient (Wildman–Crippen LogP) is 5.05. The molecule has 0 aliphatic carbocycles. The average Bonchev–Trinajstić information content (AvgIpc) is 2.92. The van der Waals surface area contributed by atoms with E-state index in [-0.39, 0.29) is 30.3 Å². The van der Waals surface area contributed by atoms with Crippen molar-refractivity contribution in [3.8, 4) is 17.4 Å². The van der Waals surface area contributed by atoms with Gasteiger partial charge in [0.25, 0.3) is 5.91 Å². The van der Waals surface area contributed by atoms with Crippen LogP contribution in [0, 0.1) is 6.92 Å². The van der Waals surface area contributed by atoms with Gasteiger partial charge in [0.2, 0.25) is 11.8 Å². The smallest absolute Gasteiger partial charge is 0.423 e. The zero-order chi connectivity index (χ0) is 30.0. The number of anilines is 2. The van der Waals surface area contributed by atoms with Crippen LogP contribution in [-0.4, -0.2) is 66.2 Å². The first-order valence-electron chi connectivity index (χ1n) is 13.5. The second kappa shape index (κ2) is 12.1. The van der Waals surface area contributed by atoms with Crippen LogP contribution < -0.4 is 20.1 Å². The Morgan fingerprint density at radius 2 is 2.00 bits per heavy atom. The zero-order valence-corrected chi connectivity index (χ0v) is 23.8. The number of halogens is 3. The lowest BCUT2D eigenvalue weighted by atomic mass is 10.0. The van der Waals surface area contributed by atoms with E-state index in [0.717, 1.165) is 31.5 Å². The molecule has 13 heteroatoms. The number of hydroxylamine groups is 2. The molecule has 0 radical (unpaired) electrons. The predicted molar refractivity (Wildman–Crippen MR) is 149 cm³/mol. The van der Waals surface area contributed by atoms with Gasteiger partial charge in [-0.15, -0.1) is 0 Å². The summed E-state index contributed by atoms with van der Waals surface area (Å²) in [6.45, 7) is 4.14. The summed E-state index contributed by atoms with van der Waals surface area (Å²) in [4.78, 5) is 28.8. The van der Waals surface area contributed by atoms with Crippen LogP contribution in [0.25, 0.3) is 0 Å². The molecule has 224 valence electrons. The number of carbonyl (C=O) groups excluding carboxylic acids is 1. The van der Waals surface area contributed by atoms with Crippen LogP contribution >= 0.6 is 0 Å². The number of piperidine rings is 1. The van der Waals surface area contributed by atoms with E-state index in [0.29, 0.717) is 40.9 Å². The summed E-state index contributed by atoms with van der Waals surface area (Å²) in [7, 11) is 5.23. The number of fused-ring (bicyclic) bond motifs is 1. The van der Waals surface area contributed by atoms with Gasteiger partial charge in [0.05, 0.1) is 19.4 Å². The average molecular weight is 587 g/mol. The van der Waals surface area contributed by atoms with Gasteiger partial charge in [-0.2, -0.15) is 23.2 Å². The van der Waals surface area contributed by atoms with Crippen LogP contribution in [0.4, 0.5) is 24.8 Å². The number of nitrogens with one attached hydrogen (secondary N) is 2. The molecule has 5 rings (SSSR count). The first-order valence-corrected chi connectivity index (χ1v) is 13.5. The number of likely N-dealkylation sites (N-methyl/N-ethyl adjacent to an activating group) is 1. The Kier molecular flexibility index (Phi) is 8.53. The zero-order valence-electron chi connectivity index (χ0n) is 23.8. The van der Waals surface area contributed by atoms with Gasteiger partial charge in [0.15, 0.2) is 0 Å². The molecule has 1 aromatic heterocycles. The number of methoxy groups -OCH3 is 1. The third kappa shape index (κ3) is 6.58. The Morgan fingerprint density at radius 1 is 1.19 bits per heavy atom. The maximum Gasteiger partial charge on any atom is 0.423 e. The largest absolute Gasteiger partial charge is 0.495 e. The molecule has 0 bridgehead atoms. The summed E-state index contributed by atoms with van der Waals surface area (Å²) >= 11 is 0. The quantitative estimate of drug-likeness (QED) is 0.394. The summed E-state index contributed by atoms with van der Waals surface area (Å²) in [5.74, 6) is -0.504. The van der Waals surface area contributed by atoms with Gasteiger partial charge in [-0.25, -0.2) is 4.98 Å². The molecule has 1 saturated heterocycles. The fourth-order valence-corrected chi connectivity index (χ4v) is 5.15. The van der Waals surface area contributed by atoms with Crippen molar-refractivity contribution in [2.24, 2.45) is 0 Å². The summed E-state index contributed by atoms with van der Waals surface area (Å²) in [5.41, 5.74) is 1.85. The molecule has 1 unspecified atom stereocenters. The van der Waals surface area contributed by atoms with Crippen molar-refractivity contribution in [3.63, 3.8) is 0 Å². The van der Waals surface area contributed by atoms with Crippen LogP contribution in [0.3, 0.4) is 0 Å². The number of aryl methyl sites for hydroxylation is 1. The Morgan fingerprint density at radius 3 is 2.74 bits per heavy atom. The minimum Gasteiger partial charge on any atom is -0.495 e. The number of nitrogens with zero attached hydrogens (tertiary/aromatic N) is 4. The number of hydrogen-bond acceptors (Lipinski definition) is 9. The summed E-state index contributed by atoms with van der Waals surface area (Å²) < 4.78 is 53.0. The second-order valence-electron chi connectivity index (χ2n) is 10.5. The Hall–Kier alpha value is -3.94. The van der Waals surface area contributed by atoms with Gasteiger partial charge < -0.3 is 25.0 Å². The molecule has 2 aliphatic rings. The molecule has 42 heavy (non-hydrogen) atoms. The van der Waals surface area contributed by atoms with Gasteiger partial charge >= 0.3 is 6.18 Å². The van der Waals surface area contributed by atoms with Crippen molar-refractivity contribution in [2.45, 2.75) is 45.1 Å². The number of alkyl halides is 3. The molecule has 3 heterocycles. The SMILES string of the molecule is COc1cc(C(=O)NC2CCCN(C)C2)c(C)cc1Nc1ncc(C(F)(F)F)c(Oc2cccc3c2CON(C)C3)n1. The third-order valence-corrected chi connectivity index (χ3v) is 7.32. The lowest BCUT2D eigenvalue weighted by Gasteiger charge is -2.30. The van der Waals surface area contributed by atoms with Crippen LogP contribution in [0.2, 0.25) is 0 Å². The normalized spacial score (nSPS) is 17.8. The van der Waals surface area contributed by atoms with Gasteiger partial charge in [-0.1, -0.05) is 12.1 Å². The van der Waals surface area contributed by atoms with Crippen LogP contribution in [0.5, 0.6) is 17.4 Å². The van der Waals surface area contributed by atoms with E-state index in [1.807, 2.05) is 13.1 Å². The number of ether oxygens (including phenoxy) is 2. The molecule has 1 amide bonds. The van der Waals surface area contributed by atoms with Crippen LogP contribution in [-0.2, 0) is 24.2 Å². The van der Waals surface area contributed by atoms with Gasteiger partial charge in [0, 0.05) is 43.5 Å². The Bertz CT molecular complexity index is 1470. The van der Waals surface area contributed by atoms with E-state index in [2.05, 4.69) is 25.5 Å². The number of likely N-dealkylation sites (tertiary alicyclic amines) is 1. The lowest BCUT2D eigenvalue weighted by molar-refractivity contribution is -0.168. The molecule has 2 aliphatic heterocycles. The molecular formula is C29H33F3N6O4. The van der Waals surface area contributed by atoms with Gasteiger partial charge in [-0.3, -0.25) is 9.63 Å². The van der Waals surface area contributed by atoms with Crippen LogP contribution in [0.15, 0.2) is 36.5 Å². The monoisotopic (exact) mass is 586 g/mol. The highest BCUT2D eigenvalue weighted by molar-refractivity contribution is 5.97. The van der Waals surface area contributed by atoms with Gasteiger partial charge in [-0.05, 0) is 62.7 Å². The topological polar surface area (TPSA) is 101 Å². The summed E-state index contributed by atoms with van der Waals surface area (Å²) in [5, 5.41) is 7.65. The highest BCUT2D eigenvalue weighted by Crippen LogP contribution is 2.40. The number of benzene rings is 2. The molecule has 2 aromatic carbocycles. The van der Waals surface area contributed by atoms with Crippen molar-refractivity contribution >= 4 is 17.5 Å². The Labute approximate surface area is 241 Å². The molecule has 2 N–H and O–H groups in total. The van der Waals surface area contributed by atoms with E-state index >= 15 is 0 Å². The molecule has 0 saturated carbocycles. The number of rotatable bonds is 7. The van der Waals surface area contributed by atoms with Crippen molar-refractivity contribution < 1.29 is 32.3 Å². The number of amides is 1. The minimum absolute atomic E-state index is 0.0427. The molecule has 10 nitrogen and oxygen atoms in total. The number of carbonyl (C=O) groups is 1. The van der Waals surface area contributed by atoms with E-state index < -0.39 is 17.6 Å². The standard InChI is InChI=1S/C29H33F3N6O4/c1-17-11-23(25(40-4)12-20(17)26(39)34-19-8-6-10-37(2)15-19)35-28-33-13-22(29(30,31)32)27(36-28)42-24-9-5-7-18-14-38(3)41-16-21(18)24/h5,7,9,11-13,19H,6,8,10,14-16H2,1-4H3,(H,34,39)(H,33,35,36). The van der Waals surface area contributed by atoms with Gasteiger partial charge in [0.1, 0.15) is 17.1 Å². The molecule has 0 spiro atoms. The van der Waals surface area contributed by atoms with Crippen molar-refractivity contribution in [1.82, 2.24) is 25.2 Å². The van der Waals surface area contributed by atoms with E-state index in [9.17, 15) is 18.0 Å². The fraction of sp³-hybridized carbons (Fsp3) is 0.414. The molecule has 1 atom stereocenters. The van der Waals surface area contributed by atoms with Crippen molar-refractivity contribution in [2.75, 3.05) is 39.6 Å². The lowest BCUT2D eigenvalue weighted by Crippen LogP contribution is -2.46. The second-order valence-corrected chi connectivity index (χ2v) is 10.5. The molecule has 3 aromatic rings. The van der Waals surface area contributed by atoms with Crippen molar-refractivity contribution in [3.05, 3.63) is 64.3 Å². The highest BCUT2D eigenvalue weighted by atomic mass is 19.4. The summed E-state index contributed by atoms with van der Waals surface area (Å²) in [6.07, 6.45) is -2.18. The van der Waals surface area contributed by atoms with Crippen LogP contribution in [0.1, 0.15) is 45.5 Å². The summed E-state index contributed by atoms with van der Waals surface area (Å²) in [6, 6.07) is 8.45. The third-order valence-electron chi connectivity index (χ3n) is 7.32. The van der Waals surface area contributed by atoms with E-state index in [1.165, 1.54) is 7.11 Å². The van der Waals surface area contributed by atoms with E-state index in [1.54, 1.807) is 43.3 Å². The molecule has 1 fully saturated rings. The minimum atomic E-state index is -4.75. The maximum absolute atomic E-state index is 13.9. The van der Waals surface area contributed by atoms with E-state index in [4.69, 9.17) is 14.3 Å². The maximum atomic E-state index is 13.9. The fourth-order valence-electron chi connectivity index (χ4n) is 5.15. The Balaban J connectivity index is 1.41. The first kappa shape index (κ1) is 29.5.